The minimum atomic E-state index is -0.878. The average Bonchev–Trinajstić information content (AvgIpc) is 3.13. The lowest BCUT2D eigenvalue weighted by Crippen LogP contribution is -2.57. The van der Waals surface area contributed by atoms with Crippen LogP contribution in [-0.4, -0.2) is 69.9 Å². The van der Waals surface area contributed by atoms with Crippen LogP contribution in [0.5, 0.6) is 0 Å². The Kier molecular flexibility index (Phi) is 5.04. The van der Waals surface area contributed by atoms with Crippen LogP contribution in [0, 0.1) is 11.8 Å². The molecule has 3 atom stereocenters. The van der Waals surface area contributed by atoms with Crippen LogP contribution < -0.4 is 0 Å². The molecule has 3 aliphatic heterocycles. The maximum Gasteiger partial charge on any atom is 0.407 e. The fraction of sp³-hybridized carbons (Fsp3) is 0.458. The van der Waals surface area contributed by atoms with Crippen molar-refractivity contribution < 1.29 is 19.5 Å². The van der Waals surface area contributed by atoms with Gasteiger partial charge in [-0.2, -0.15) is 0 Å². The summed E-state index contributed by atoms with van der Waals surface area (Å²) in [5.74, 6) is 0.400. The van der Waals surface area contributed by atoms with E-state index in [1.807, 2.05) is 29.2 Å². The predicted molar refractivity (Wildman–Crippen MR) is 115 cm³/mol. The van der Waals surface area contributed by atoms with Gasteiger partial charge >= 0.3 is 6.09 Å². The molecule has 162 valence electrons. The van der Waals surface area contributed by atoms with Gasteiger partial charge in [0.1, 0.15) is 6.04 Å². The van der Waals surface area contributed by atoms with Crippen molar-refractivity contribution in [3.63, 3.8) is 0 Å². The summed E-state index contributed by atoms with van der Waals surface area (Å²) >= 11 is 0. The SMILES string of the molecule is O=C(O)N1CC2CC(C1)CN(C(=O)C1CCC(=O)N1Cc1cccc3ccccc13)C2. The molecule has 5 rings (SSSR count). The van der Waals surface area contributed by atoms with Gasteiger partial charge in [-0.3, -0.25) is 9.59 Å². The van der Waals surface area contributed by atoms with Gasteiger partial charge in [-0.25, -0.2) is 4.79 Å². The molecule has 3 saturated heterocycles. The van der Waals surface area contributed by atoms with E-state index in [0.717, 1.165) is 22.8 Å². The molecule has 2 bridgehead atoms. The van der Waals surface area contributed by atoms with E-state index in [-0.39, 0.29) is 23.7 Å². The van der Waals surface area contributed by atoms with E-state index in [4.69, 9.17) is 0 Å². The largest absolute Gasteiger partial charge is 0.465 e. The number of piperidine rings is 2. The third-order valence-corrected chi connectivity index (χ3v) is 7.00. The first-order valence-corrected chi connectivity index (χ1v) is 11.0. The molecule has 0 aliphatic carbocycles. The van der Waals surface area contributed by atoms with Crippen molar-refractivity contribution in [1.82, 2.24) is 14.7 Å². The summed E-state index contributed by atoms with van der Waals surface area (Å²) in [5.41, 5.74) is 1.05. The molecular weight excluding hydrogens is 394 g/mol. The zero-order chi connectivity index (χ0) is 21.5. The van der Waals surface area contributed by atoms with Crippen molar-refractivity contribution in [3.8, 4) is 0 Å². The molecule has 3 fully saturated rings. The summed E-state index contributed by atoms with van der Waals surface area (Å²) in [6.07, 6.45) is 1.04. The number of hydrogen-bond donors (Lipinski definition) is 1. The summed E-state index contributed by atoms with van der Waals surface area (Å²) < 4.78 is 0. The van der Waals surface area contributed by atoms with Crippen LogP contribution in [-0.2, 0) is 16.1 Å². The summed E-state index contributed by atoms with van der Waals surface area (Å²) in [5, 5.41) is 11.6. The highest BCUT2D eigenvalue weighted by Crippen LogP contribution is 2.32. The van der Waals surface area contributed by atoms with Crippen molar-refractivity contribution >= 4 is 28.7 Å². The molecule has 2 aromatic rings. The van der Waals surface area contributed by atoms with Gasteiger partial charge in [-0.15, -0.1) is 0 Å². The predicted octanol–water partition coefficient (Wildman–Crippen LogP) is 2.79. The molecule has 2 aromatic carbocycles. The van der Waals surface area contributed by atoms with Crippen LogP contribution in [0.1, 0.15) is 24.8 Å². The number of carboxylic acid groups (broad SMARTS) is 1. The number of rotatable bonds is 3. The molecule has 0 spiro atoms. The Morgan fingerprint density at radius 2 is 1.61 bits per heavy atom. The second-order valence-electron chi connectivity index (χ2n) is 9.11. The van der Waals surface area contributed by atoms with Gasteiger partial charge in [0.2, 0.25) is 11.8 Å². The lowest BCUT2D eigenvalue weighted by molar-refractivity contribution is -0.144. The summed E-state index contributed by atoms with van der Waals surface area (Å²) in [6, 6.07) is 13.8. The number of likely N-dealkylation sites (tertiary alicyclic amines) is 3. The first-order valence-electron chi connectivity index (χ1n) is 11.0. The molecule has 3 unspecified atom stereocenters. The van der Waals surface area contributed by atoms with Crippen LogP contribution in [0.2, 0.25) is 0 Å². The Morgan fingerprint density at radius 1 is 0.935 bits per heavy atom. The Hall–Kier alpha value is -3.09. The normalized spacial score (nSPS) is 25.9. The smallest absolute Gasteiger partial charge is 0.407 e. The van der Waals surface area contributed by atoms with E-state index in [9.17, 15) is 19.5 Å². The lowest BCUT2D eigenvalue weighted by Gasteiger charge is -2.45. The fourth-order valence-electron chi connectivity index (χ4n) is 5.63. The van der Waals surface area contributed by atoms with Crippen molar-refractivity contribution in [2.75, 3.05) is 26.2 Å². The Morgan fingerprint density at radius 3 is 2.35 bits per heavy atom. The minimum Gasteiger partial charge on any atom is -0.465 e. The number of nitrogens with zero attached hydrogens (tertiary/aromatic N) is 3. The van der Waals surface area contributed by atoms with E-state index in [1.54, 1.807) is 4.90 Å². The first-order chi connectivity index (χ1) is 15.0. The van der Waals surface area contributed by atoms with E-state index in [0.29, 0.717) is 45.6 Å². The van der Waals surface area contributed by atoms with Crippen LogP contribution in [0.3, 0.4) is 0 Å². The number of carbonyl (C=O) groups is 3. The molecular formula is C24H27N3O4. The molecule has 0 saturated carbocycles. The second kappa shape index (κ2) is 7.87. The summed E-state index contributed by atoms with van der Waals surface area (Å²) in [4.78, 5) is 42.6. The van der Waals surface area contributed by atoms with E-state index >= 15 is 0 Å². The van der Waals surface area contributed by atoms with Crippen molar-refractivity contribution in [2.45, 2.75) is 31.8 Å². The molecule has 1 N–H and O–H groups in total. The van der Waals surface area contributed by atoms with Gasteiger partial charge in [0.15, 0.2) is 0 Å². The van der Waals surface area contributed by atoms with E-state index < -0.39 is 12.1 Å². The molecule has 0 aromatic heterocycles. The van der Waals surface area contributed by atoms with Gasteiger partial charge < -0.3 is 19.8 Å². The second-order valence-corrected chi connectivity index (χ2v) is 9.11. The summed E-state index contributed by atoms with van der Waals surface area (Å²) in [6.45, 7) is 2.56. The molecule has 0 radical (unpaired) electrons. The van der Waals surface area contributed by atoms with Crippen LogP contribution >= 0.6 is 0 Å². The minimum absolute atomic E-state index is 0.0181. The van der Waals surface area contributed by atoms with E-state index in [1.165, 1.54) is 4.90 Å². The Balaban J connectivity index is 1.33. The Bertz CT molecular complexity index is 1020. The maximum absolute atomic E-state index is 13.5. The number of hydrogen-bond acceptors (Lipinski definition) is 3. The standard InChI is InChI=1S/C24H27N3O4/c28-22-9-8-21(27(22)15-19-6-3-5-18-4-1-2-7-20(18)19)23(29)25-11-16-10-17(12-25)14-26(13-16)24(30)31/h1-7,16-17,21H,8-15H2,(H,30,31). The van der Waals surface area contributed by atoms with E-state index in [2.05, 4.69) is 18.2 Å². The zero-order valence-electron chi connectivity index (χ0n) is 17.4. The molecule has 3 amide bonds. The highest BCUT2D eigenvalue weighted by atomic mass is 16.4. The maximum atomic E-state index is 13.5. The highest BCUT2D eigenvalue weighted by molar-refractivity contribution is 5.92. The lowest BCUT2D eigenvalue weighted by atomic mass is 9.84. The van der Waals surface area contributed by atoms with Crippen molar-refractivity contribution in [1.29, 1.82) is 0 Å². The first kappa shape index (κ1) is 19.8. The van der Waals surface area contributed by atoms with Crippen molar-refractivity contribution in [2.24, 2.45) is 11.8 Å². The number of fused-ring (bicyclic) bond motifs is 3. The molecule has 3 heterocycles. The van der Waals surface area contributed by atoms with Gasteiger partial charge in [-0.1, -0.05) is 42.5 Å². The number of carbonyl (C=O) groups excluding carboxylic acids is 2. The van der Waals surface area contributed by atoms with Gasteiger partial charge in [-0.05, 0) is 41.0 Å². The monoisotopic (exact) mass is 421 g/mol. The van der Waals surface area contributed by atoms with Crippen LogP contribution in [0.15, 0.2) is 42.5 Å². The summed E-state index contributed by atoms with van der Waals surface area (Å²) in [7, 11) is 0. The fourth-order valence-corrected chi connectivity index (χ4v) is 5.63. The quantitative estimate of drug-likeness (QED) is 0.826. The molecule has 3 aliphatic rings. The topological polar surface area (TPSA) is 81.2 Å². The molecule has 7 heteroatoms. The number of amides is 3. The van der Waals surface area contributed by atoms with Gasteiger partial charge in [0.05, 0.1) is 0 Å². The van der Waals surface area contributed by atoms with Crippen LogP contribution in [0.25, 0.3) is 10.8 Å². The molecule has 7 nitrogen and oxygen atoms in total. The highest BCUT2D eigenvalue weighted by Gasteiger charge is 2.43. The van der Waals surface area contributed by atoms with Gasteiger partial charge in [0, 0.05) is 39.1 Å². The average molecular weight is 421 g/mol. The third kappa shape index (κ3) is 3.73. The van der Waals surface area contributed by atoms with Gasteiger partial charge in [0.25, 0.3) is 0 Å². The third-order valence-electron chi connectivity index (χ3n) is 7.00. The van der Waals surface area contributed by atoms with Crippen molar-refractivity contribution in [3.05, 3.63) is 48.0 Å². The Labute approximate surface area is 181 Å². The zero-order valence-corrected chi connectivity index (χ0v) is 17.4. The number of benzene rings is 2. The van der Waals surface area contributed by atoms with Crippen LogP contribution in [0.4, 0.5) is 4.79 Å². The molecule has 31 heavy (non-hydrogen) atoms.